The van der Waals surface area contributed by atoms with Gasteiger partial charge in [0.2, 0.25) is 5.91 Å². The number of carbonyl (C=O) groups excluding carboxylic acids is 1. The van der Waals surface area contributed by atoms with E-state index in [2.05, 4.69) is 31.3 Å². The first-order valence-electron chi connectivity index (χ1n) is 27.5. The molecule has 0 fully saturated rings. The van der Waals surface area contributed by atoms with Crippen LogP contribution in [0, 0.1) is 0 Å². The molecule has 0 bridgehead atoms. The van der Waals surface area contributed by atoms with Crippen LogP contribution in [0.4, 0.5) is 0 Å². The monoisotopic (exact) mass is 848 g/mol. The minimum Gasteiger partial charge on any atom is -0.394 e. The largest absolute Gasteiger partial charge is 0.394 e. The summed E-state index contributed by atoms with van der Waals surface area (Å²) in [4.78, 5) is 12.5. The fourth-order valence-corrected chi connectivity index (χ4v) is 8.87. The zero-order valence-corrected chi connectivity index (χ0v) is 40.9. The van der Waals surface area contributed by atoms with E-state index in [-0.39, 0.29) is 18.9 Å². The van der Waals surface area contributed by atoms with Crippen molar-refractivity contribution in [3.63, 3.8) is 0 Å². The number of aliphatic hydroxyl groups is 3. The number of aliphatic hydroxyl groups excluding tert-OH is 3. The summed E-state index contributed by atoms with van der Waals surface area (Å²) < 4.78 is 0. The van der Waals surface area contributed by atoms with Gasteiger partial charge in [-0.05, 0) is 38.5 Å². The Hall–Kier alpha value is -0.910. The third-order valence-corrected chi connectivity index (χ3v) is 13.1. The number of carbonyl (C=O) groups is 1. The van der Waals surface area contributed by atoms with Gasteiger partial charge >= 0.3 is 0 Å². The zero-order valence-electron chi connectivity index (χ0n) is 40.9. The summed E-state index contributed by atoms with van der Waals surface area (Å²) in [5.74, 6) is -0.281. The maximum Gasteiger partial charge on any atom is 0.222 e. The summed E-state index contributed by atoms with van der Waals surface area (Å²) in [5, 5.41) is 33.6. The Bertz CT molecular complexity index is 848. The lowest BCUT2D eigenvalue weighted by atomic mass is 10.0. The molecule has 0 radical (unpaired) electrons. The first-order valence-corrected chi connectivity index (χ1v) is 27.5. The molecule has 4 N–H and O–H groups in total. The topological polar surface area (TPSA) is 89.8 Å². The maximum absolute atomic E-state index is 12.5. The quantitative estimate of drug-likeness (QED) is 0.0363. The maximum atomic E-state index is 12.5. The fourth-order valence-electron chi connectivity index (χ4n) is 8.87. The lowest BCUT2D eigenvalue weighted by Crippen LogP contribution is -2.46. The van der Waals surface area contributed by atoms with Crippen LogP contribution in [0.3, 0.4) is 0 Å². The first kappa shape index (κ1) is 59.1. The third-order valence-electron chi connectivity index (χ3n) is 13.1. The summed E-state index contributed by atoms with van der Waals surface area (Å²) in [7, 11) is 0. The highest BCUT2D eigenvalue weighted by atomic mass is 16.3. The van der Waals surface area contributed by atoms with Crippen LogP contribution >= 0.6 is 0 Å². The van der Waals surface area contributed by atoms with Gasteiger partial charge < -0.3 is 20.6 Å². The van der Waals surface area contributed by atoms with Gasteiger partial charge in [-0.15, -0.1) is 0 Å². The van der Waals surface area contributed by atoms with Crippen molar-refractivity contribution in [2.75, 3.05) is 6.61 Å². The number of unbranched alkanes of at least 4 members (excludes halogenated alkanes) is 40. The van der Waals surface area contributed by atoms with E-state index in [0.717, 1.165) is 25.7 Å². The molecule has 0 saturated heterocycles. The van der Waals surface area contributed by atoms with Crippen LogP contribution in [-0.2, 0) is 4.79 Å². The molecule has 0 heterocycles. The van der Waals surface area contributed by atoms with Crippen molar-refractivity contribution >= 4 is 5.91 Å². The lowest BCUT2D eigenvalue weighted by Gasteiger charge is -2.23. The van der Waals surface area contributed by atoms with Crippen LogP contribution in [0.2, 0.25) is 0 Å². The number of hydrogen-bond donors (Lipinski definition) is 4. The first-order chi connectivity index (χ1) is 29.5. The fraction of sp³-hybridized carbons (Fsp3) is 0.945. The molecular formula is C55H109NO4. The molecular weight excluding hydrogens is 739 g/mol. The predicted molar refractivity (Wildman–Crippen MR) is 264 cm³/mol. The SMILES string of the molecule is CCCCCCCCCCCCCC/C=C\CCCCCCCCC(O)CC(=O)NC(CO)C(O)CCCCCCCCCCCCCCCCCCCCCCCCC. The number of nitrogens with one attached hydrogen (secondary N) is 1. The van der Waals surface area contributed by atoms with Crippen molar-refractivity contribution in [1.29, 1.82) is 0 Å². The van der Waals surface area contributed by atoms with Gasteiger partial charge in [0.1, 0.15) is 0 Å². The molecule has 0 rings (SSSR count). The molecule has 0 spiro atoms. The second-order valence-corrected chi connectivity index (χ2v) is 19.2. The van der Waals surface area contributed by atoms with Gasteiger partial charge in [0.05, 0.1) is 31.3 Å². The van der Waals surface area contributed by atoms with Crippen LogP contribution in [0.1, 0.15) is 309 Å². The summed E-state index contributed by atoms with van der Waals surface area (Å²) in [6.07, 6.45) is 62.2. The molecule has 0 saturated carbocycles. The van der Waals surface area contributed by atoms with E-state index >= 15 is 0 Å². The zero-order chi connectivity index (χ0) is 43.7. The van der Waals surface area contributed by atoms with Crippen molar-refractivity contribution in [3.05, 3.63) is 12.2 Å². The normalized spacial score (nSPS) is 13.3. The van der Waals surface area contributed by atoms with Gasteiger partial charge in [-0.2, -0.15) is 0 Å². The van der Waals surface area contributed by atoms with Crippen molar-refractivity contribution in [1.82, 2.24) is 5.32 Å². The Kier molecular flexibility index (Phi) is 50.0. The average molecular weight is 848 g/mol. The Morgan fingerprint density at radius 1 is 0.400 bits per heavy atom. The van der Waals surface area contributed by atoms with E-state index < -0.39 is 18.2 Å². The highest BCUT2D eigenvalue weighted by Crippen LogP contribution is 2.18. The Labute approximate surface area is 376 Å². The molecule has 0 aromatic rings. The number of amides is 1. The smallest absolute Gasteiger partial charge is 0.222 e. The number of rotatable bonds is 51. The summed E-state index contributed by atoms with van der Waals surface area (Å²) in [5.41, 5.74) is 0. The van der Waals surface area contributed by atoms with Crippen LogP contribution in [-0.4, -0.2) is 46.1 Å². The molecule has 358 valence electrons. The van der Waals surface area contributed by atoms with Crippen molar-refractivity contribution in [3.8, 4) is 0 Å². The highest BCUT2D eigenvalue weighted by molar-refractivity contribution is 5.76. The van der Waals surface area contributed by atoms with Crippen molar-refractivity contribution < 1.29 is 20.1 Å². The van der Waals surface area contributed by atoms with E-state index in [9.17, 15) is 20.1 Å². The summed E-state index contributed by atoms with van der Waals surface area (Å²) in [6, 6.07) is -0.659. The van der Waals surface area contributed by atoms with Crippen LogP contribution in [0.15, 0.2) is 12.2 Å². The van der Waals surface area contributed by atoms with Crippen LogP contribution in [0.5, 0.6) is 0 Å². The minimum atomic E-state index is -0.749. The van der Waals surface area contributed by atoms with Gasteiger partial charge in [0.15, 0.2) is 0 Å². The third kappa shape index (κ3) is 46.6. The molecule has 0 aliphatic carbocycles. The Morgan fingerprint density at radius 3 is 0.967 bits per heavy atom. The Morgan fingerprint density at radius 2 is 0.667 bits per heavy atom. The molecule has 3 atom stereocenters. The minimum absolute atomic E-state index is 0.0360. The molecule has 60 heavy (non-hydrogen) atoms. The average Bonchev–Trinajstić information content (AvgIpc) is 3.24. The van der Waals surface area contributed by atoms with Gasteiger partial charge in [0.25, 0.3) is 0 Å². The highest BCUT2D eigenvalue weighted by Gasteiger charge is 2.21. The number of hydrogen-bond acceptors (Lipinski definition) is 4. The lowest BCUT2D eigenvalue weighted by molar-refractivity contribution is -0.125. The van der Waals surface area contributed by atoms with Crippen LogP contribution in [0.25, 0.3) is 0 Å². The van der Waals surface area contributed by atoms with E-state index in [4.69, 9.17) is 0 Å². The standard InChI is InChI=1S/C55H109NO4/c1-3-5-7-9-11-13-15-17-19-21-23-25-27-29-31-33-35-37-39-41-43-45-47-49-54(59)53(51-57)56-55(60)50-52(58)48-46-44-42-40-38-36-34-32-30-28-26-24-22-20-18-16-14-12-10-8-6-4-2/h30,32,52-54,57-59H,3-29,31,33-51H2,1-2H3,(H,56,60)/b32-30-. The second kappa shape index (κ2) is 50.7. The molecule has 0 aliphatic heterocycles. The van der Waals surface area contributed by atoms with Crippen molar-refractivity contribution in [2.45, 2.75) is 327 Å². The van der Waals surface area contributed by atoms with Crippen LogP contribution < -0.4 is 5.32 Å². The molecule has 0 aromatic heterocycles. The van der Waals surface area contributed by atoms with Gasteiger partial charge in [-0.3, -0.25) is 4.79 Å². The predicted octanol–water partition coefficient (Wildman–Crippen LogP) is 16.7. The molecule has 5 heteroatoms. The van der Waals surface area contributed by atoms with Gasteiger partial charge in [0, 0.05) is 0 Å². The number of allylic oxidation sites excluding steroid dienone is 2. The molecule has 5 nitrogen and oxygen atoms in total. The summed E-state index contributed by atoms with van der Waals surface area (Å²) >= 11 is 0. The molecule has 1 amide bonds. The van der Waals surface area contributed by atoms with E-state index in [1.807, 2.05) is 0 Å². The van der Waals surface area contributed by atoms with E-state index in [1.165, 1.54) is 250 Å². The molecule has 0 aliphatic rings. The van der Waals surface area contributed by atoms with E-state index in [1.54, 1.807) is 0 Å². The van der Waals surface area contributed by atoms with Gasteiger partial charge in [-0.1, -0.05) is 276 Å². The van der Waals surface area contributed by atoms with E-state index in [0.29, 0.717) is 12.8 Å². The molecule has 0 aromatic carbocycles. The molecule has 3 unspecified atom stereocenters. The van der Waals surface area contributed by atoms with Crippen molar-refractivity contribution in [2.24, 2.45) is 0 Å². The Balaban J connectivity index is 3.53. The second-order valence-electron chi connectivity index (χ2n) is 19.2. The summed E-state index contributed by atoms with van der Waals surface area (Å²) in [6.45, 7) is 4.30. The van der Waals surface area contributed by atoms with Gasteiger partial charge in [-0.25, -0.2) is 0 Å².